The average molecular weight is 1520 g/mol. The number of likely N-dealkylation sites (tertiary alicyclic amines) is 1. The Bertz CT molecular complexity index is 3240. The maximum Gasteiger partial charge on any atom is 0.417 e. The van der Waals surface area contributed by atoms with Crippen LogP contribution in [0.2, 0.25) is 5.02 Å². The van der Waals surface area contributed by atoms with Crippen molar-refractivity contribution in [3.05, 3.63) is 34.3 Å². The van der Waals surface area contributed by atoms with E-state index < -0.39 is 186 Å². The van der Waals surface area contributed by atoms with E-state index >= 15 is 28.8 Å². The van der Waals surface area contributed by atoms with Crippen LogP contribution in [-0.4, -0.2) is 276 Å². The Kier molecular flexibility index (Phi) is 32.5. The Morgan fingerprint density at radius 3 is 1.79 bits per heavy atom. The molecule has 3 saturated carbocycles. The first-order valence-electron chi connectivity index (χ1n) is 38.1. The molecule has 0 radical (unpaired) electrons. The van der Waals surface area contributed by atoms with Crippen molar-refractivity contribution < 1.29 is 80.5 Å². The van der Waals surface area contributed by atoms with Crippen LogP contribution in [0.1, 0.15) is 194 Å². The Hall–Kier alpha value is -7.14. The van der Waals surface area contributed by atoms with Crippen molar-refractivity contribution in [2.24, 2.45) is 23.7 Å². The van der Waals surface area contributed by atoms with Gasteiger partial charge in [0.05, 0.1) is 55.5 Å². The topological polar surface area (TPSA) is 300 Å². The van der Waals surface area contributed by atoms with Crippen LogP contribution in [0.3, 0.4) is 0 Å². The Balaban J connectivity index is 1.49. The highest BCUT2D eigenvalue weighted by molar-refractivity contribution is 6.31. The summed E-state index contributed by atoms with van der Waals surface area (Å²) in [6, 6.07) is -6.46. The predicted molar refractivity (Wildman–Crippen MR) is 393 cm³/mol. The molecule has 0 bridgehead atoms. The number of benzene rings is 1. The van der Waals surface area contributed by atoms with Crippen molar-refractivity contribution >= 4 is 82.5 Å². The van der Waals surface area contributed by atoms with E-state index in [-0.39, 0.29) is 62.5 Å². The Morgan fingerprint density at radius 2 is 1.22 bits per heavy atom. The minimum atomic E-state index is -4.80. The normalized spacial score (nSPS) is 25.8. The van der Waals surface area contributed by atoms with Crippen LogP contribution in [-0.2, 0) is 74.9 Å². The molecule has 6 rings (SSSR count). The highest BCUT2D eigenvalue weighted by Crippen LogP contribution is 2.38. The molecule has 2 heterocycles. The molecule has 1 aromatic carbocycles. The van der Waals surface area contributed by atoms with Gasteiger partial charge in [-0.15, -0.1) is 0 Å². The molecule has 1 spiro atoms. The number of carbonyl (C=O) groups excluding carboxylic acids is 12. The van der Waals surface area contributed by atoms with Gasteiger partial charge in [0.1, 0.15) is 47.8 Å². The summed E-state index contributed by atoms with van der Waals surface area (Å²) in [4.78, 5) is 192. The molecule has 2 aliphatic heterocycles. The van der Waals surface area contributed by atoms with E-state index in [2.05, 4.69) is 16.0 Å². The van der Waals surface area contributed by atoms with E-state index in [0.29, 0.717) is 70.9 Å². The summed E-state index contributed by atoms with van der Waals surface area (Å²) in [5.74, 6) is -9.67. The summed E-state index contributed by atoms with van der Waals surface area (Å²) in [5.41, 5.74) is -4.05. The minimum Gasteiger partial charge on any atom is -0.388 e. The molecule has 3 aliphatic carbocycles. The number of piperidine rings is 1. The fourth-order valence-electron chi connectivity index (χ4n) is 15.5. The van der Waals surface area contributed by atoms with Gasteiger partial charge in [0, 0.05) is 69.5 Å². The van der Waals surface area contributed by atoms with Gasteiger partial charge in [-0.3, -0.25) is 57.5 Å². The summed E-state index contributed by atoms with van der Waals surface area (Å²) >= 11 is 6.18. The van der Waals surface area contributed by atoms with Gasteiger partial charge >= 0.3 is 6.18 Å². The molecule has 4 N–H and O–H groups in total. The van der Waals surface area contributed by atoms with Crippen molar-refractivity contribution in [3.63, 3.8) is 0 Å². The molecule has 0 aromatic heterocycles. The van der Waals surface area contributed by atoms with Crippen molar-refractivity contribution in [2.75, 3.05) is 102 Å². The standard InChI is InChI=1S/C76H120ClF3N12O14/c1-15-49(4)64-71(102)86(9)44-62(95)84(7)45-63(96)88(11)57(41-50-27-19-16-20-28-50)69(100)85(8)43-60(93)81-55(34-32-51-31-33-53(54(77)40-51)76(78,79)80)68(99)90(13)59(46-106-47-74(5,6)105)67(98)83-75(35-23-24-36-75)73(104)91(14)65(52-29-21-17-22-30-52)72(103)89(12)58(70(101)92-37-25-18-26-38-92)42-61(94)87(10)56(39-48(2)3)66(97)82-64/h31,33,40,48-50,52,55-59,64-65,105H,15-30,32,34-39,41-47H2,1-14H3,(H,81,93)(H,82,97)(H,83,98)/t49-,55-,56-,57-,58-,59-,64-,65-/m0/s1. The van der Waals surface area contributed by atoms with Gasteiger partial charge in [0.2, 0.25) is 70.9 Å². The first-order chi connectivity index (χ1) is 49.7. The average Bonchev–Trinajstić information content (AvgIpc) is 1.23. The molecular weight excluding hydrogens is 1400 g/mol. The van der Waals surface area contributed by atoms with Crippen molar-refractivity contribution in [1.29, 1.82) is 0 Å². The van der Waals surface area contributed by atoms with Crippen LogP contribution >= 0.6 is 11.6 Å². The molecular formula is C76H120ClF3N12O14. The van der Waals surface area contributed by atoms with Crippen LogP contribution in [0, 0.1) is 23.7 Å². The van der Waals surface area contributed by atoms with Gasteiger partial charge in [-0.1, -0.05) is 116 Å². The number of likely N-dealkylation sites (N-methyl/N-ethyl adjacent to an activating group) is 8. The second-order valence-electron chi connectivity index (χ2n) is 31.8. The monoisotopic (exact) mass is 1520 g/mol. The van der Waals surface area contributed by atoms with Crippen molar-refractivity contribution in [1.82, 2.24) is 60.0 Å². The lowest BCUT2D eigenvalue weighted by molar-refractivity contribution is -0.157. The molecule has 26 nitrogen and oxygen atoms in total. The first kappa shape index (κ1) is 87.8. The van der Waals surface area contributed by atoms with Gasteiger partial charge in [-0.2, -0.15) is 13.2 Å². The van der Waals surface area contributed by atoms with Crippen molar-refractivity contribution in [2.45, 2.75) is 249 Å². The number of alkyl halides is 3. The summed E-state index contributed by atoms with van der Waals surface area (Å²) in [5, 5.41) is 18.9. The third kappa shape index (κ3) is 23.7. The third-order valence-corrected chi connectivity index (χ3v) is 22.7. The Morgan fingerprint density at radius 1 is 0.642 bits per heavy atom. The number of rotatable bonds is 15. The highest BCUT2D eigenvalue weighted by atomic mass is 35.5. The van der Waals surface area contributed by atoms with Crippen LogP contribution < -0.4 is 16.0 Å². The number of ether oxygens (including phenoxy) is 1. The zero-order valence-electron chi connectivity index (χ0n) is 65.1. The minimum absolute atomic E-state index is 0.0149. The predicted octanol–water partition coefficient (Wildman–Crippen LogP) is 6.05. The zero-order chi connectivity index (χ0) is 78.9. The third-order valence-electron chi connectivity index (χ3n) is 22.4. The molecule has 596 valence electrons. The van der Waals surface area contributed by atoms with E-state index in [1.807, 2.05) is 20.8 Å². The van der Waals surface area contributed by atoms with E-state index in [1.54, 1.807) is 11.8 Å². The number of halogens is 4. The number of aliphatic hydroxyl groups is 1. The summed E-state index contributed by atoms with van der Waals surface area (Å²) < 4.78 is 47.9. The van der Waals surface area contributed by atoms with E-state index in [9.17, 15) is 47.0 Å². The molecule has 106 heavy (non-hydrogen) atoms. The van der Waals surface area contributed by atoms with Gasteiger partial charge in [0.15, 0.2) is 0 Å². The van der Waals surface area contributed by atoms with E-state index in [0.717, 1.165) is 76.7 Å². The maximum atomic E-state index is 15.9. The van der Waals surface area contributed by atoms with Crippen LogP contribution in [0.15, 0.2) is 18.2 Å². The second kappa shape index (κ2) is 39.3. The maximum absolute atomic E-state index is 15.9. The lowest BCUT2D eigenvalue weighted by Gasteiger charge is -2.43. The number of carbonyl (C=O) groups is 12. The molecule has 12 amide bonds. The van der Waals surface area contributed by atoms with Gasteiger partial charge in [-0.05, 0) is 126 Å². The first-order valence-corrected chi connectivity index (χ1v) is 38.5. The van der Waals surface area contributed by atoms with Crippen molar-refractivity contribution in [3.8, 4) is 0 Å². The smallest absolute Gasteiger partial charge is 0.388 e. The van der Waals surface area contributed by atoms with E-state index in [1.165, 1.54) is 95.9 Å². The van der Waals surface area contributed by atoms with Gasteiger partial charge < -0.3 is 69.9 Å². The number of nitrogens with one attached hydrogen (secondary N) is 3. The molecule has 5 fully saturated rings. The molecule has 30 heteroatoms. The number of hydrogen-bond acceptors (Lipinski definition) is 14. The van der Waals surface area contributed by atoms with Gasteiger partial charge in [-0.25, -0.2) is 0 Å². The molecule has 1 aromatic rings. The SMILES string of the molecule is CC[C@H](C)[C@@H]1NC(=O)[C@H](CC(C)C)N(C)C(=O)C[C@@H](C(=O)N2CCCCC2)N(C)C(=O)[C@H](C2CCCCC2)N(C)C(=O)C2(CCCC2)NC(=O)[C@H](COCC(C)(C)O)N(C)C(=O)[C@H](CCc2ccc(C(F)(F)F)c(Cl)c2)NC(=O)CN(C)C(=O)[C@H](CC2CCCCC2)N(C)C(=O)CN(C)C(=O)CN(C)C1=O. The fourth-order valence-corrected chi connectivity index (χ4v) is 15.8. The molecule has 0 unspecified atom stereocenters. The lowest BCUT2D eigenvalue weighted by Crippen LogP contribution is -2.66. The number of aryl methyl sites for hydroxylation is 1. The lowest BCUT2D eigenvalue weighted by atomic mass is 9.81. The van der Waals surface area contributed by atoms with E-state index in [4.69, 9.17) is 16.3 Å². The van der Waals surface area contributed by atoms with Gasteiger partial charge in [0.25, 0.3) is 0 Å². The summed E-state index contributed by atoms with van der Waals surface area (Å²) in [6.45, 7) is 8.18. The fraction of sp³-hybridized carbons (Fsp3) is 0.763. The number of hydrogen-bond donors (Lipinski definition) is 4. The second-order valence-corrected chi connectivity index (χ2v) is 32.2. The quantitative estimate of drug-likeness (QED) is 0.156. The van der Waals surface area contributed by atoms with Crippen LogP contribution in [0.5, 0.6) is 0 Å². The molecule has 8 atom stereocenters. The summed E-state index contributed by atoms with van der Waals surface area (Å²) in [6.07, 6.45) is 5.52. The molecule has 2 saturated heterocycles. The summed E-state index contributed by atoms with van der Waals surface area (Å²) in [7, 11) is 11.1. The number of amides is 12. The van der Waals surface area contributed by atoms with Crippen LogP contribution in [0.4, 0.5) is 13.2 Å². The largest absolute Gasteiger partial charge is 0.417 e. The highest BCUT2D eigenvalue weighted by Gasteiger charge is 2.51. The molecule has 5 aliphatic rings. The number of nitrogens with zero attached hydrogens (tertiary/aromatic N) is 9. The van der Waals surface area contributed by atoms with Crippen LogP contribution in [0.25, 0.3) is 0 Å². The zero-order valence-corrected chi connectivity index (χ0v) is 65.8. The Labute approximate surface area is 629 Å².